The molecule has 7 unspecified atom stereocenters. The van der Waals surface area contributed by atoms with Gasteiger partial charge in [0, 0.05) is 17.2 Å². The van der Waals surface area contributed by atoms with Gasteiger partial charge in [-0.3, -0.25) is 4.79 Å². The van der Waals surface area contributed by atoms with Crippen LogP contribution in [0.4, 0.5) is 0 Å². The summed E-state index contributed by atoms with van der Waals surface area (Å²) < 4.78 is 0. The second-order valence-electron chi connectivity index (χ2n) is 6.47. The number of hydrogen-bond donors (Lipinski definition) is 1. The first kappa shape index (κ1) is 18.0. The molecule has 2 saturated carbocycles. The lowest BCUT2D eigenvalue weighted by Gasteiger charge is -2.43. The Morgan fingerprint density at radius 1 is 0.857 bits per heavy atom. The highest BCUT2D eigenvalue weighted by Crippen LogP contribution is 2.46. The van der Waals surface area contributed by atoms with Crippen molar-refractivity contribution in [2.24, 2.45) is 17.8 Å². The highest BCUT2D eigenvalue weighted by molar-refractivity contribution is 6.31. The van der Waals surface area contributed by atoms with E-state index in [-0.39, 0.29) is 27.9 Å². The molecule has 2 aliphatic carbocycles. The van der Waals surface area contributed by atoms with E-state index in [1.807, 2.05) is 0 Å². The minimum atomic E-state index is -0.727. The maximum Gasteiger partial charge on any atom is 0.303 e. The summed E-state index contributed by atoms with van der Waals surface area (Å²) in [6.45, 7) is 0. The van der Waals surface area contributed by atoms with Crippen molar-refractivity contribution in [3.63, 3.8) is 0 Å². The van der Waals surface area contributed by atoms with Crippen LogP contribution in [-0.2, 0) is 4.79 Å². The van der Waals surface area contributed by atoms with Gasteiger partial charge in [0.05, 0.1) is 10.8 Å². The van der Waals surface area contributed by atoms with Gasteiger partial charge in [-0.2, -0.15) is 0 Å². The monoisotopic (exact) mass is 374 g/mol. The van der Waals surface area contributed by atoms with Gasteiger partial charge in [0.1, 0.15) is 0 Å². The van der Waals surface area contributed by atoms with Gasteiger partial charge in [-0.15, -0.1) is 46.4 Å². The third kappa shape index (κ3) is 4.80. The maximum atomic E-state index is 10.7. The molecule has 2 rings (SSSR count). The van der Waals surface area contributed by atoms with E-state index in [2.05, 4.69) is 0 Å². The molecule has 0 bridgehead atoms. The van der Waals surface area contributed by atoms with Gasteiger partial charge in [-0.05, 0) is 49.9 Å². The number of halogens is 4. The third-order valence-electron chi connectivity index (χ3n) is 5.05. The molecule has 2 fully saturated rings. The molecule has 0 aromatic heterocycles. The molecule has 0 aromatic rings. The standard InChI is InChI=1S/C15H22Cl4O2/c16-11-5-8(2-4-15(20)21)1-3-9(11)10-6-13(18)14(19)7-12(10)17/h8-14H,1-7H2,(H,20,21). The van der Waals surface area contributed by atoms with Crippen molar-refractivity contribution in [2.45, 2.75) is 66.5 Å². The lowest BCUT2D eigenvalue weighted by Crippen LogP contribution is -2.42. The van der Waals surface area contributed by atoms with Gasteiger partial charge < -0.3 is 5.11 Å². The van der Waals surface area contributed by atoms with Crippen molar-refractivity contribution in [1.82, 2.24) is 0 Å². The van der Waals surface area contributed by atoms with E-state index in [0.29, 0.717) is 17.8 Å². The van der Waals surface area contributed by atoms with Crippen molar-refractivity contribution in [2.75, 3.05) is 0 Å². The van der Waals surface area contributed by atoms with Crippen LogP contribution in [0.3, 0.4) is 0 Å². The molecule has 0 saturated heterocycles. The summed E-state index contributed by atoms with van der Waals surface area (Å²) in [4.78, 5) is 10.7. The topological polar surface area (TPSA) is 37.3 Å². The summed E-state index contributed by atoms with van der Waals surface area (Å²) in [7, 11) is 0. The maximum absolute atomic E-state index is 10.7. The van der Waals surface area contributed by atoms with E-state index in [0.717, 1.165) is 38.5 Å². The summed E-state index contributed by atoms with van der Waals surface area (Å²) in [5, 5.41) is 8.81. The number of carboxylic acids is 1. The summed E-state index contributed by atoms with van der Waals surface area (Å²) in [6, 6.07) is 0. The molecule has 21 heavy (non-hydrogen) atoms. The number of alkyl halides is 4. The van der Waals surface area contributed by atoms with Crippen LogP contribution in [0, 0.1) is 17.8 Å². The van der Waals surface area contributed by atoms with Crippen LogP contribution in [0.2, 0.25) is 0 Å². The van der Waals surface area contributed by atoms with E-state index in [9.17, 15) is 4.79 Å². The zero-order valence-electron chi connectivity index (χ0n) is 11.9. The Hall–Kier alpha value is 0.630. The van der Waals surface area contributed by atoms with E-state index in [1.165, 1.54) is 0 Å². The molecule has 122 valence electrons. The zero-order chi connectivity index (χ0) is 15.6. The molecule has 0 aromatic carbocycles. The van der Waals surface area contributed by atoms with Crippen molar-refractivity contribution >= 4 is 52.4 Å². The van der Waals surface area contributed by atoms with Crippen LogP contribution in [0.5, 0.6) is 0 Å². The van der Waals surface area contributed by atoms with Gasteiger partial charge in [-0.1, -0.05) is 6.42 Å². The van der Waals surface area contributed by atoms with Gasteiger partial charge in [0.15, 0.2) is 0 Å². The van der Waals surface area contributed by atoms with Gasteiger partial charge in [0.25, 0.3) is 0 Å². The molecule has 7 atom stereocenters. The van der Waals surface area contributed by atoms with Gasteiger partial charge in [0.2, 0.25) is 0 Å². The average molecular weight is 376 g/mol. The molecule has 1 N–H and O–H groups in total. The summed E-state index contributed by atoms with van der Waals surface area (Å²) in [5.41, 5.74) is 0. The van der Waals surface area contributed by atoms with Crippen LogP contribution in [-0.4, -0.2) is 32.6 Å². The fourth-order valence-electron chi connectivity index (χ4n) is 3.83. The average Bonchev–Trinajstić information content (AvgIpc) is 2.41. The molecule has 0 heterocycles. The summed E-state index contributed by atoms with van der Waals surface area (Å²) >= 11 is 25.6. The van der Waals surface area contributed by atoms with Gasteiger partial charge >= 0.3 is 5.97 Å². The second kappa shape index (κ2) is 7.95. The van der Waals surface area contributed by atoms with Crippen LogP contribution in [0.25, 0.3) is 0 Å². The zero-order valence-corrected chi connectivity index (χ0v) is 14.9. The van der Waals surface area contributed by atoms with Crippen LogP contribution < -0.4 is 0 Å². The number of aliphatic carboxylic acids is 1. The van der Waals surface area contributed by atoms with E-state index in [4.69, 9.17) is 51.5 Å². The Bertz CT molecular complexity index is 366. The largest absolute Gasteiger partial charge is 0.481 e. The first-order chi connectivity index (χ1) is 9.88. The minimum absolute atomic E-state index is 0.0275. The van der Waals surface area contributed by atoms with Gasteiger partial charge in [-0.25, -0.2) is 0 Å². The van der Waals surface area contributed by atoms with E-state index in [1.54, 1.807) is 0 Å². The van der Waals surface area contributed by atoms with E-state index < -0.39 is 5.97 Å². The smallest absolute Gasteiger partial charge is 0.303 e. The predicted molar refractivity (Wildman–Crippen MR) is 89.0 cm³/mol. The Labute approximate surface area is 146 Å². The molecule has 2 nitrogen and oxygen atoms in total. The predicted octanol–water partition coefficient (Wildman–Crippen LogP) is 5.11. The molecular weight excluding hydrogens is 354 g/mol. The number of carboxylic acid groups (broad SMARTS) is 1. The van der Waals surface area contributed by atoms with Crippen LogP contribution >= 0.6 is 46.4 Å². The molecule has 2 aliphatic rings. The lowest BCUT2D eigenvalue weighted by atomic mass is 9.69. The summed E-state index contributed by atoms with van der Waals surface area (Å²) in [6.07, 6.45) is 5.47. The molecule has 6 heteroatoms. The molecular formula is C15H22Cl4O2. The van der Waals surface area contributed by atoms with Crippen molar-refractivity contribution < 1.29 is 9.90 Å². The van der Waals surface area contributed by atoms with Crippen LogP contribution in [0.1, 0.15) is 44.9 Å². The Morgan fingerprint density at radius 2 is 1.48 bits per heavy atom. The minimum Gasteiger partial charge on any atom is -0.481 e. The quantitative estimate of drug-likeness (QED) is 0.693. The normalized spacial score (nSPS) is 44.5. The lowest BCUT2D eigenvalue weighted by molar-refractivity contribution is -0.137. The van der Waals surface area contributed by atoms with Crippen molar-refractivity contribution in [3.8, 4) is 0 Å². The van der Waals surface area contributed by atoms with Crippen molar-refractivity contribution in [1.29, 1.82) is 0 Å². The molecule has 0 aliphatic heterocycles. The van der Waals surface area contributed by atoms with Crippen LogP contribution in [0.15, 0.2) is 0 Å². The Morgan fingerprint density at radius 3 is 2.10 bits per heavy atom. The number of carbonyl (C=O) groups is 1. The first-order valence-corrected chi connectivity index (χ1v) is 9.41. The molecule has 0 amide bonds. The molecule has 0 spiro atoms. The van der Waals surface area contributed by atoms with Crippen molar-refractivity contribution in [3.05, 3.63) is 0 Å². The first-order valence-electron chi connectivity index (χ1n) is 7.66. The SMILES string of the molecule is O=C(O)CCC1CCC(C2CC(Cl)C(Cl)CC2Cl)C(Cl)C1. The Balaban J connectivity index is 1.89. The third-order valence-corrected chi connectivity index (χ3v) is 7.15. The highest BCUT2D eigenvalue weighted by atomic mass is 35.5. The Kier molecular flexibility index (Phi) is 6.80. The number of hydrogen-bond acceptors (Lipinski definition) is 1. The summed E-state index contributed by atoms with van der Waals surface area (Å²) in [5.74, 6) is 0.395. The van der Waals surface area contributed by atoms with E-state index >= 15 is 0 Å². The number of rotatable bonds is 4. The highest BCUT2D eigenvalue weighted by Gasteiger charge is 2.42. The fraction of sp³-hybridized carbons (Fsp3) is 0.933. The molecule has 0 radical (unpaired) electrons. The second-order valence-corrected chi connectivity index (χ2v) is 8.72. The fourth-order valence-corrected chi connectivity index (χ4v) is 5.57.